The van der Waals surface area contributed by atoms with Gasteiger partial charge in [-0.1, -0.05) is 17.7 Å². The molecule has 7 heteroatoms. The van der Waals surface area contributed by atoms with Crippen LogP contribution in [0.3, 0.4) is 0 Å². The molecule has 0 bridgehead atoms. The topological polar surface area (TPSA) is 49.9 Å². The van der Waals surface area contributed by atoms with Gasteiger partial charge in [0, 0.05) is 23.0 Å². The quantitative estimate of drug-likeness (QED) is 0.828. The molecule has 1 aromatic rings. The maximum Gasteiger partial charge on any atom is 0.411 e. The Labute approximate surface area is 146 Å². The zero-order valence-corrected chi connectivity index (χ0v) is 15.1. The Hall–Kier alpha value is -1.40. The number of benzene rings is 1. The summed E-state index contributed by atoms with van der Waals surface area (Å²) in [5.41, 5.74) is 0.115. The maximum absolute atomic E-state index is 12.5. The van der Waals surface area contributed by atoms with Crippen LogP contribution in [0.1, 0.15) is 20.8 Å². The Balaban J connectivity index is 2.18. The fraction of sp³-hybridized carbons (Fsp3) is 0.500. The van der Waals surface area contributed by atoms with Crippen LogP contribution in [0.15, 0.2) is 24.3 Å². The molecule has 0 radical (unpaired) electrons. The number of hydrogen-bond donors (Lipinski definition) is 1. The second-order valence-corrected chi connectivity index (χ2v) is 7.23. The van der Waals surface area contributed by atoms with Crippen molar-refractivity contribution in [3.05, 3.63) is 29.3 Å². The molecule has 0 spiro atoms. The monoisotopic (exact) mass is 356 g/mol. The lowest BCUT2D eigenvalue weighted by atomic mass is 10.1. The molecular weight excluding hydrogens is 336 g/mol. The molecule has 1 atom stereocenters. The van der Waals surface area contributed by atoms with Crippen molar-refractivity contribution in [1.29, 1.82) is 0 Å². The second kappa shape index (κ2) is 7.01. The largest absolute Gasteiger partial charge is 0.444 e. The molecule has 2 rings (SSSR count). The Morgan fingerprint density at radius 1 is 1.43 bits per heavy atom. The van der Waals surface area contributed by atoms with E-state index < -0.39 is 11.7 Å². The molecule has 1 heterocycles. The van der Waals surface area contributed by atoms with Gasteiger partial charge in [-0.2, -0.15) is 12.6 Å². The van der Waals surface area contributed by atoms with E-state index >= 15 is 0 Å². The molecule has 1 aliphatic rings. The second-order valence-electron chi connectivity index (χ2n) is 6.43. The summed E-state index contributed by atoms with van der Waals surface area (Å²) in [6.45, 7) is 5.72. The van der Waals surface area contributed by atoms with Gasteiger partial charge in [-0.15, -0.1) is 0 Å². The van der Waals surface area contributed by atoms with Gasteiger partial charge in [0.2, 0.25) is 5.91 Å². The maximum atomic E-state index is 12.5. The number of rotatable bonds is 2. The summed E-state index contributed by atoms with van der Waals surface area (Å²) in [6.07, 6.45) is -0.490. The number of halogens is 1. The Morgan fingerprint density at radius 2 is 2.13 bits per heavy atom. The van der Waals surface area contributed by atoms with Gasteiger partial charge in [0.25, 0.3) is 0 Å². The molecule has 23 heavy (non-hydrogen) atoms. The van der Waals surface area contributed by atoms with Crippen LogP contribution in [-0.4, -0.2) is 47.4 Å². The summed E-state index contributed by atoms with van der Waals surface area (Å²) in [4.78, 5) is 27.8. The molecule has 1 fully saturated rings. The summed E-state index contributed by atoms with van der Waals surface area (Å²) < 4.78 is 5.38. The van der Waals surface area contributed by atoms with Gasteiger partial charge in [-0.05, 0) is 39.0 Å². The lowest BCUT2D eigenvalue weighted by Crippen LogP contribution is -2.59. The van der Waals surface area contributed by atoms with Gasteiger partial charge in [-0.3, -0.25) is 9.69 Å². The van der Waals surface area contributed by atoms with E-state index in [4.69, 9.17) is 16.3 Å². The number of nitrogens with zero attached hydrogens (tertiary/aromatic N) is 2. The molecule has 0 N–H and O–H groups in total. The van der Waals surface area contributed by atoms with Gasteiger partial charge in [0.05, 0.1) is 6.04 Å². The molecule has 0 aliphatic carbocycles. The number of thiol groups is 1. The fourth-order valence-electron chi connectivity index (χ4n) is 2.36. The molecule has 126 valence electrons. The third-order valence-electron chi connectivity index (χ3n) is 3.40. The SMILES string of the molecule is CC(C)(C)OC(=O)N1CC(=O)N(c2cccc(Cl)c2)C[C@H]1CS. The Kier molecular flexibility index (Phi) is 5.47. The molecule has 5 nitrogen and oxygen atoms in total. The van der Waals surface area contributed by atoms with Crippen molar-refractivity contribution < 1.29 is 14.3 Å². The van der Waals surface area contributed by atoms with Crippen LogP contribution in [0.4, 0.5) is 10.5 Å². The van der Waals surface area contributed by atoms with Crippen LogP contribution < -0.4 is 4.90 Å². The highest BCUT2D eigenvalue weighted by atomic mass is 35.5. The van der Waals surface area contributed by atoms with Crippen molar-refractivity contribution in [3.63, 3.8) is 0 Å². The van der Waals surface area contributed by atoms with Crippen LogP contribution in [0.2, 0.25) is 5.02 Å². The average Bonchev–Trinajstić information content (AvgIpc) is 2.45. The Bertz CT molecular complexity index is 603. The third-order valence-corrected chi connectivity index (χ3v) is 4.06. The first-order valence-electron chi connectivity index (χ1n) is 7.37. The molecule has 1 aromatic carbocycles. The van der Waals surface area contributed by atoms with Gasteiger partial charge in [0.1, 0.15) is 12.1 Å². The van der Waals surface area contributed by atoms with Crippen LogP contribution in [-0.2, 0) is 9.53 Å². The van der Waals surface area contributed by atoms with Gasteiger partial charge < -0.3 is 9.64 Å². The van der Waals surface area contributed by atoms with E-state index in [1.165, 1.54) is 4.90 Å². The fourth-order valence-corrected chi connectivity index (χ4v) is 2.85. The number of anilines is 1. The number of amides is 2. The predicted octanol–water partition coefficient (Wildman–Crippen LogP) is 3.22. The number of piperazine rings is 1. The smallest absolute Gasteiger partial charge is 0.411 e. The van der Waals surface area contributed by atoms with Gasteiger partial charge in [-0.25, -0.2) is 4.79 Å². The van der Waals surface area contributed by atoms with Gasteiger partial charge >= 0.3 is 6.09 Å². The molecule has 0 unspecified atom stereocenters. The standard InChI is InChI=1S/C16H21ClN2O3S/c1-16(2,3)22-15(21)19-9-14(20)18(8-13(19)10-23)12-6-4-5-11(17)7-12/h4-7,13,23H,8-10H2,1-3H3/t13-/m0/s1. The van der Waals surface area contributed by atoms with E-state index in [1.807, 2.05) is 6.07 Å². The van der Waals surface area contributed by atoms with Crippen LogP contribution in [0, 0.1) is 0 Å². The summed E-state index contributed by atoms with van der Waals surface area (Å²) >= 11 is 10.3. The van der Waals surface area contributed by atoms with E-state index in [1.54, 1.807) is 43.9 Å². The predicted molar refractivity (Wildman–Crippen MR) is 94.4 cm³/mol. The van der Waals surface area contributed by atoms with E-state index in [9.17, 15) is 9.59 Å². The van der Waals surface area contributed by atoms with Crippen molar-refractivity contribution >= 4 is 41.9 Å². The zero-order chi connectivity index (χ0) is 17.2. The van der Waals surface area contributed by atoms with E-state index in [0.29, 0.717) is 17.3 Å². The van der Waals surface area contributed by atoms with Crippen molar-refractivity contribution in [1.82, 2.24) is 4.90 Å². The van der Waals surface area contributed by atoms with Crippen LogP contribution in [0.25, 0.3) is 0 Å². The van der Waals surface area contributed by atoms with Gasteiger partial charge in [0.15, 0.2) is 0 Å². The first-order chi connectivity index (χ1) is 10.7. The highest BCUT2D eigenvalue weighted by molar-refractivity contribution is 7.80. The van der Waals surface area contributed by atoms with E-state index in [0.717, 1.165) is 5.69 Å². The summed E-state index contributed by atoms with van der Waals surface area (Å²) in [7, 11) is 0. The van der Waals surface area contributed by atoms with Crippen molar-refractivity contribution in [2.45, 2.75) is 32.4 Å². The van der Waals surface area contributed by atoms with Crippen molar-refractivity contribution in [2.75, 3.05) is 23.7 Å². The summed E-state index contributed by atoms with van der Waals surface area (Å²) in [5.74, 6) is 0.264. The Morgan fingerprint density at radius 3 is 2.70 bits per heavy atom. The van der Waals surface area contributed by atoms with Crippen LogP contribution >= 0.6 is 24.2 Å². The van der Waals surface area contributed by atoms with E-state index in [2.05, 4.69) is 12.6 Å². The molecule has 1 saturated heterocycles. The lowest BCUT2D eigenvalue weighted by molar-refractivity contribution is -0.122. The average molecular weight is 357 g/mol. The van der Waals surface area contributed by atoms with Crippen LogP contribution in [0.5, 0.6) is 0 Å². The highest BCUT2D eigenvalue weighted by Gasteiger charge is 2.37. The first kappa shape index (κ1) is 17.9. The van der Waals surface area contributed by atoms with Crippen molar-refractivity contribution in [3.8, 4) is 0 Å². The van der Waals surface area contributed by atoms with E-state index in [-0.39, 0.29) is 18.5 Å². The minimum Gasteiger partial charge on any atom is -0.444 e. The number of carbonyl (C=O) groups excluding carboxylic acids is 2. The normalized spacial score (nSPS) is 19.0. The van der Waals surface area contributed by atoms with Crippen molar-refractivity contribution in [2.24, 2.45) is 0 Å². The molecule has 0 saturated carbocycles. The highest BCUT2D eigenvalue weighted by Crippen LogP contribution is 2.24. The lowest BCUT2D eigenvalue weighted by Gasteiger charge is -2.40. The minimum atomic E-state index is -0.606. The minimum absolute atomic E-state index is 0.0351. The molecule has 0 aromatic heterocycles. The number of carbonyl (C=O) groups is 2. The molecule has 2 amide bonds. The summed E-state index contributed by atoms with van der Waals surface area (Å²) in [5, 5.41) is 0.562. The zero-order valence-electron chi connectivity index (χ0n) is 13.5. The summed E-state index contributed by atoms with van der Waals surface area (Å²) in [6, 6.07) is 6.88. The number of hydrogen-bond acceptors (Lipinski definition) is 4. The molecular formula is C16H21ClN2O3S. The third kappa shape index (κ3) is 4.54. The first-order valence-corrected chi connectivity index (χ1v) is 8.39. The molecule has 1 aliphatic heterocycles. The number of ether oxygens (including phenoxy) is 1.